The summed E-state index contributed by atoms with van der Waals surface area (Å²) in [6.07, 6.45) is 4.73. The lowest BCUT2D eigenvalue weighted by molar-refractivity contribution is 0.140. The molecule has 0 bridgehead atoms. The largest absolute Gasteiger partial charge is 0.382 e. The second-order valence-electron chi connectivity index (χ2n) is 4.62. The lowest BCUT2D eigenvalue weighted by Crippen LogP contribution is -2.29. The van der Waals surface area contributed by atoms with Crippen molar-refractivity contribution in [2.24, 2.45) is 0 Å². The number of hydrogen-bond acceptors (Lipinski definition) is 2. The number of nitrogens with one attached hydrogen (secondary N) is 1. The van der Waals surface area contributed by atoms with Crippen molar-refractivity contribution >= 4 is 0 Å². The van der Waals surface area contributed by atoms with Crippen LogP contribution in [0.2, 0.25) is 0 Å². The molecule has 102 valence electrons. The maximum absolute atomic E-state index is 5.40. The maximum Gasteiger partial charge on any atom is 0.0466 e. The molecule has 0 saturated heterocycles. The van der Waals surface area contributed by atoms with Crippen LogP contribution in [-0.4, -0.2) is 25.8 Å². The van der Waals surface area contributed by atoms with Gasteiger partial charge in [0.05, 0.1) is 0 Å². The van der Waals surface area contributed by atoms with E-state index in [0.717, 1.165) is 32.6 Å². The Morgan fingerprint density at radius 1 is 1.11 bits per heavy atom. The van der Waals surface area contributed by atoms with E-state index in [1.807, 2.05) is 0 Å². The second-order valence-corrected chi connectivity index (χ2v) is 4.62. The van der Waals surface area contributed by atoms with Crippen molar-refractivity contribution < 1.29 is 4.74 Å². The molecule has 0 spiro atoms. The van der Waals surface area contributed by atoms with Gasteiger partial charge in [0.15, 0.2) is 0 Å². The number of rotatable bonds is 10. The van der Waals surface area contributed by atoms with Crippen LogP contribution < -0.4 is 5.32 Å². The average Bonchev–Trinajstić information content (AvgIpc) is 2.42. The smallest absolute Gasteiger partial charge is 0.0466 e. The number of aryl methyl sites for hydroxylation is 1. The Morgan fingerprint density at radius 2 is 1.89 bits per heavy atom. The summed E-state index contributed by atoms with van der Waals surface area (Å²) < 4.78 is 5.40. The predicted octanol–water partition coefficient (Wildman–Crippen LogP) is 3.41. The van der Waals surface area contributed by atoms with Gasteiger partial charge in [-0.15, -0.1) is 0 Å². The summed E-state index contributed by atoms with van der Waals surface area (Å²) in [5.41, 5.74) is 1.44. The van der Waals surface area contributed by atoms with Gasteiger partial charge in [-0.05, 0) is 44.7 Å². The van der Waals surface area contributed by atoms with Gasteiger partial charge in [-0.2, -0.15) is 0 Å². The van der Waals surface area contributed by atoms with Gasteiger partial charge >= 0.3 is 0 Å². The van der Waals surface area contributed by atoms with E-state index in [1.54, 1.807) is 0 Å². The first-order valence-corrected chi connectivity index (χ1v) is 7.21. The van der Waals surface area contributed by atoms with Gasteiger partial charge < -0.3 is 10.1 Å². The van der Waals surface area contributed by atoms with Crippen LogP contribution in [0.25, 0.3) is 0 Å². The lowest BCUT2D eigenvalue weighted by Gasteiger charge is -2.17. The molecule has 0 fully saturated rings. The van der Waals surface area contributed by atoms with Gasteiger partial charge in [0, 0.05) is 19.3 Å². The molecule has 0 amide bonds. The first kappa shape index (κ1) is 15.2. The fraction of sp³-hybridized carbons (Fsp3) is 0.625. The van der Waals surface area contributed by atoms with Crippen molar-refractivity contribution in [2.75, 3.05) is 19.8 Å². The Kier molecular flexibility index (Phi) is 8.53. The average molecular weight is 249 g/mol. The first-order chi connectivity index (χ1) is 8.86. The summed E-state index contributed by atoms with van der Waals surface area (Å²) >= 11 is 0. The summed E-state index contributed by atoms with van der Waals surface area (Å²) in [6, 6.07) is 11.4. The Balaban J connectivity index is 2.24. The predicted molar refractivity (Wildman–Crippen MR) is 78.0 cm³/mol. The molecule has 1 N–H and O–H groups in total. The Hall–Kier alpha value is -0.860. The van der Waals surface area contributed by atoms with Gasteiger partial charge in [-0.1, -0.05) is 37.3 Å². The topological polar surface area (TPSA) is 21.3 Å². The van der Waals surface area contributed by atoms with Gasteiger partial charge in [-0.3, -0.25) is 0 Å². The van der Waals surface area contributed by atoms with Crippen LogP contribution in [0.15, 0.2) is 30.3 Å². The Morgan fingerprint density at radius 3 is 2.56 bits per heavy atom. The van der Waals surface area contributed by atoms with Crippen LogP contribution in [0, 0.1) is 0 Å². The highest BCUT2D eigenvalue weighted by Gasteiger charge is 2.07. The van der Waals surface area contributed by atoms with Gasteiger partial charge in [0.25, 0.3) is 0 Å². The summed E-state index contributed by atoms with van der Waals surface area (Å²) in [4.78, 5) is 0. The van der Waals surface area contributed by atoms with E-state index in [1.165, 1.54) is 18.4 Å². The van der Waals surface area contributed by atoms with E-state index in [9.17, 15) is 0 Å². The van der Waals surface area contributed by atoms with Crippen LogP contribution in [0.5, 0.6) is 0 Å². The molecule has 0 aromatic heterocycles. The van der Waals surface area contributed by atoms with Crippen molar-refractivity contribution in [1.82, 2.24) is 5.32 Å². The zero-order valence-electron chi connectivity index (χ0n) is 11.8. The normalized spacial score (nSPS) is 12.6. The Bertz CT molecular complexity index is 286. The third-order valence-electron chi connectivity index (χ3n) is 3.16. The third kappa shape index (κ3) is 6.77. The van der Waals surface area contributed by atoms with Crippen LogP contribution >= 0.6 is 0 Å². The zero-order valence-corrected chi connectivity index (χ0v) is 11.8. The van der Waals surface area contributed by atoms with Crippen molar-refractivity contribution in [2.45, 2.75) is 45.6 Å². The van der Waals surface area contributed by atoms with Gasteiger partial charge in [-0.25, -0.2) is 0 Å². The first-order valence-electron chi connectivity index (χ1n) is 7.21. The molecule has 1 aromatic rings. The molecule has 2 heteroatoms. The van der Waals surface area contributed by atoms with E-state index in [0.29, 0.717) is 6.04 Å². The van der Waals surface area contributed by atoms with Crippen LogP contribution in [0.3, 0.4) is 0 Å². The molecule has 1 rings (SSSR count). The van der Waals surface area contributed by atoms with E-state index in [4.69, 9.17) is 4.74 Å². The summed E-state index contributed by atoms with van der Waals surface area (Å²) in [5.74, 6) is 0. The molecule has 0 aliphatic rings. The highest BCUT2D eigenvalue weighted by molar-refractivity contribution is 5.14. The van der Waals surface area contributed by atoms with Crippen molar-refractivity contribution in [3.63, 3.8) is 0 Å². The highest BCUT2D eigenvalue weighted by Crippen LogP contribution is 2.09. The van der Waals surface area contributed by atoms with E-state index in [-0.39, 0.29) is 0 Å². The lowest BCUT2D eigenvalue weighted by atomic mass is 10.0. The van der Waals surface area contributed by atoms with Gasteiger partial charge in [0.1, 0.15) is 0 Å². The number of ether oxygens (including phenoxy) is 1. The second kappa shape index (κ2) is 10.1. The van der Waals surface area contributed by atoms with Crippen LogP contribution in [-0.2, 0) is 11.2 Å². The zero-order chi connectivity index (χ0) is 13.1. The molecule has 2 nitrogen and oxygen atoms in total. The monoisotopic (exact) mass is 249 g/mol. The molecule has 1 unspecified atom stereocenters. The fourth-order valence-electron chi connectivity index (χ4n) is 2.20. The maximum atomic E-state index is 5.40. The third-order valence-corrected chi connectivity index (χ3v) is 3.16. The van der Waals surface area contributed by atoms with Crippen LogP contribution in [0.4, 0.5) is 0 Å². The molecular formula is C16H27NO. The van der Waals surface area contributed by atoms with Crippen LogP contribution in [0.1, 0.15) is 38.7 Å². The molecule has 0 aliphatic carbocycles. The number of hydrogen-bond donors (Lipinski definition) is 1. The minimum atomic E-state index is 0.621. The molecule has 0 saturated carbocycles. The standard InChI is InChI=1S/C16H27NO/c1-3-17-16(11-8-14-18-4-2)13-12-15-9-6-5-7-10-15/h5-7,9-10,16-17H,3-4,8,11-14H2,1-2H3. The SMILES string of the molecule is CCNC(CCCOCC)CCc1ccccc1. The molecular weight excluding hydrogens is 222 g/mol. The summed E-state index contributed by atoms with van der Waals surface area (Å²) in [6.45, 7) is 7.00. The Labute approximate surface area is 112 Å². The van der Waals surface area contributed by atoms with Crippen molar-refractivity contribution in [3.8, 4) is 0 Å². The van der Waals surface area contributed by atoms with Crippen molar-refractivity contribution in [1.29, 1.82) is 0 Å². The molecule has 1 aromatic carbocycles. The van der Waals surface area contributed by atoms with Crippen molar-refractivity contribution in [3.05, 3.63) is 35.9 Å². The number of benzene rings is 1. The summed E-state index contributed by atoms with van der Waals surface area (Å²) in [7, 11) is 0. The molecule has 0 aliphatic heterocycles. The fourth-order valence-corrected chi connectivity index (χ4v) is 2.20. The van der Waals surface area contributed by atoms with E-state index >= 15 is 0 Å². The summed E-state index contributed by atoms with van der Waals surface area (Å²) in [5, 5.41) is 3.57. The molecule has 18 heavy (non-hydrogen) atoms. The van der Waals surface area contributed by atoms with Gasteiger partial charge in [0.2, 0.25) is 0 Å². The van der Waals surface area contributed by atoms with E-state index < -0.39 is 0 Å². The minimum absolute atomic E-state index is 0.621. The highest BCUT2D eigenvalue weighted by atomic mass is 16.5. The van der Waals surface area contributed by atoms with E-state index in [2.05, 4.69) is 49.5 Å². The molecule has 0 heterocycles. The molecule has 1 atom stereocenters. The minimum Gasteiger partial charge on any atom is -0.382 e. The molecule has 0 radical (unpaired) electrons. The quantitative estimate of drug-likeness (QED) is 0.642.